The predicted molar refractivity (Wildman–Crippen MR) is 109 cm³/mol. The van der Waals surface area contributed by atoms with Crippen LogP contribution in [0, 0.1) is 0 Å². The summed E-state index contributed by atoms with van der Waals surface area (Å²) in [5.74, 6) is 0.798. The monoisotopic (exact) mass is 476 g/mol. The van der Waals surface area contributed by atoms with Crippen LogP contribution in [0.15, 0.2) is 11.1 Å². The van der Waals surface area contributed by atoms with Gasteiger partial charge >= 0.3 is 0 Å². The van der Waals surface area contributed by atoms with Crippen molar-refractivity contribution in [2.75, 3.05) is 26.3 Å². The van der Waals surface area contributed by atoms with Gasteiger partial charge in [-0.15, -0.1) is 24.0 Å². The van der Waals surface area contributed by atoms with E-state index >= 15 is 0 Å². The van der Waals surface area contributed by atoms with Gasteiger partial charge < -0.3 is 19.9 Å². The lowest BCUT2D eigenvalue weighted by molar-refractivity contribution is 0.143. The molecule has 0 spiro atoms. The summed E-state index contributed by atoms with van der Waals surface area (Å²) in [5, 5.41) is 7.65. The Hall–Kier alpha value is -0.180. The molecule has 0 unspecified atom stereocenters. The van der Waals surface area contributed by atoms with Gasteiger partial charge in [-0.2, -0.15) is 0 Å². The molecule has 23 heavy (non-hydrogen) atoms. The van der Waals surface area contributed by atoms with E-state index in [2.05, 4.69) is 15.6 Å². The highest BCUT2D eigenvalue weighted by Gasteiger charge is 2.08. The number of guanidine groups is 1. The normalized spacial score (nSPS) is 11.3. The van der Waals surface area contributed by atoms with Gasteiger partial charge in [0.2, 0.25) is 0 Å². The van der Waals surface area contributed by atoms with Gasteiger partial charge in [0, 0.05) is 39.0 Å². The van der Waals surface area contributed by atoms with Gasteiger partial charge in [0.05, 0.1) is 11.6 Å². The van der Waals surface area contributed by atoms with Crippen LogP contribution in [-0.2, 0) is 18.3 Å². The largest absolute Gasteiger partial charge is 0.382 e. The number of aliphatic imine (C=N–C) groups is 1. The molecule has 1 heterocycles. The summed E-state index contributed by atoms with van der Waals surface area (Å²) < 4.78 is 7.16. The van der Waals surface area contributed by atoms with E-state index < -0.39 is 0 Å². The number of unbranched alkanes of at least 4 members (excludes halogenated alkanes) is 1. The number of hydrogen-bond donors (Lipinski definition) is 2. The van der Waals surface area contributed by atoms with Crippen LogP contribution < -0.4 is 10.6 Å². The van der Waals surface area contributed by atoms with Crippen LogP contribution in [0.4, 0.5) is 0 Å². The number of ether oxygens (including phenoxy) is 1. The fourth-order valence-electron chi connectivity index (χ4n) is 1.92. The van der Waals surface area contributed by atoms with Crippen molar-refractivity contribution in [2.24, 2.45) is 12.0 Å². The van der Waals surface area contributed by atoms with Crippen molar-refractivity contribution < 1.29 is 4.74 Å². The Bertz CT molecular complexity index is 480. The third kappa shape index (κ3) is 8.47. The Morgan fingerprint density at radius 1 is 1.26 bits per heavy atom. The van der Waals surface area contributed by atoms with Crippen molar-refractivity contribution >= 4 is 53.1 Å². The van der Waals surface area contributed by atoms with Gasteiger partial charge in [-0.3, -0.25) is 0 Å². The highest BCUT2D eigenvalue weighted by Crippen LogP contribution is 2.25. The zero-order valence-corrected chi connectivity index (χ0v) is 17.8. The number of rotatable bonds is 9. The van der Waals surface area contributed by atoms with E-state index in [0.717, 1.165) is 50.8 Å². The van der Waals surface area contributed by atoms with Crippen LogP contribution in [0.5, 0.6) is 0 Å². The molecule has 134 valence electrons. The first-order valence-electron chi connectivity index (χ1n) is 7.69. The van der Waals surface area contributed by atoms with Crippen molar-refractivity contribution in [3.05, 3.63) is 21.9 Å². The molecule has 0 amide bonds. The summed E-state index contributed by atoms with van der Waals surface area (Å²) in [5.41, 5.74) is 0.976. The van der Waals surface area contributed by atoms with E-state index in [9.17, 15) is 0 Å². The standard InChI is InChI=1S/C15H26Cl2N4O.HI/c1-4-18-15(19-8-6-7-9-22-5-2)20-11-12-10-13(16)14(17)21(12)3;/h10H,4-9,11H2,1-3H3,(H2,18,19,20);1H. The SMILES string of the molecule is CCNC(=NCc1cc(Cl)c(Cl)n1C)NCCCCOCC.I. The first-order chi connectivity index (χ1) is 10.6. The third-order valence-corrected chi connectivity index (χ3v) is 4.01. The summed E-state index contributed by atoms with van der Waals surface area (Å²) in [6.45, 7) is 7.86. The van der Waals surface area contributed by atoms with Gasteiger partial charge in [0.25, 0.3) is 0 Å². The molecule has 0 bridgehead atoms. The fourth-order valence-corrected chi connectivity index (χ4v) is 2.34. The lowest BCUT2D eigenvalue weighted by atomic mass is 10.3. The lowest BCUT2D eigenvalue weighted by Gasteiger charge is -2.11. The van der Waals surface area contributed by atoms with E-state index in [1.54, 1.807) is 0 Å². The molecule has 0 radical (unpaired) electrons. The fraction of sp³-hybridized carbons (Fsp3) is 0.667. The van der Waals surface area contributed by atoms with Crippen molar-refractivity contribution in [2.45, 2.75) is 33.2 Å². The molecule has 0 saturated heterocycles. The van der Waals surface area contributed by atoms with Gasteiger partial charge in [0.1, 0.15) is 5.15 Å². The molecule has 0 fully saturated rings. The van der Waals surface area contributed by atoms with Crippen LogP contribution in [0.25, 0.3) is 0 Å². The van der Waals surface area contributed by atoms with Gasteiger partial charge in [-0.1, -0.05) is 23.2 Å². The predicted octanol–water partition coefficient (Wildman–Crippen LogP) is 3.82. The lowest BCUT2D eigenvalue weighted by Crippen LogP contribution is -2.37. The van der Waals surface area contributed by atoms with Crippen molar-refractivity contribution in [1.29, 1.82) is 0 Å². The summed E-state index contributed by atoms with van der Waals surface area (Å²) >= 11 is 12.1. The Labute approximate surface area is 166 Å². The molecule has 1 aromatic heterocycles. The summed E-state index contributed by atoms with van der Waals surface area (Å²) in [7, 11) is 1.88. The highest BCUT2D eigenvalue weighted by atomic mass is 127. The minimum Gasteiger partial charge on any atom is -0.382 e. The molecule has 1 rings (SSSR count). The molecule has 8 heteroatoms. The third-order valence-electron chi connectivity index (χ3n) is 3.17. The van der Waals surface area contributed by atoms with E-state index in [1.807, 2.05) is 31.5 Å². The molecular formula is C15H27Cl2IN4O. The number of halogens is 3. The zero-order valence-electron chi connectivity index (χ0n) is 14.0. The zero-order chi connectivity index (χ0) is 16.4. The van der Waals surface area contributed by atoms with Crippen LogP contribution in [0.2, 0.25) is 10.2 Å². The maximum absolute atomic E-state index is 6.06. The molecule has 0 aliphatic heterocycles. The number of nitrogens with zero attached hydrogens (tertiary/aromatic N) is 2. The van der Waals surface area contributed by atoms with Gasteiger partial charge in [-0.25, -0.2) is 4.99 Å². The Balaban J connectivity index is 0.00000484. The van der Waals surface area contributed by atoms with E-state index in [0.29, 0.717) is 16.7 Å². The van der Waals surface area contributed by atoms with Crippen LogP contribution in [0.1, 0.15) is 32.4 Å². The maximum Gasteiger partial charge on any atom is 0.191 e. The second-order valence-electron chi connectivity index (χ2n) is 4.86. The summed E-state index contributed by atoms with van der Waals surface area (Å²) in [4.78, 5) is 4.56. The highest BCUT2D eigenvalue weighted by molar-refractivity contribution is 14.0. The minimum absolute atomic E-state index is 0. The van der Waals surface area contributed by atoms with E-state index in [1.165, 1.54) is 0 Å². The Morgan fingerprint density at radius 3 is 2.57 bits per heavy atom. The molecule has 0 aliphatic carbocycles. The second kappa shape index (κ2) is 13.1. The quantitative estimate of drug-likeness (QED) is 0.246. The molecule has 5 nitrogen and oxygen atoms in total. The Kier molecular flexibility index (Phi) is 13.0. The van der Waals surface area contributed by atoms with Crippen molar-refractivity contribution in [3.8, 4) is 0 Å². The van der Waals surface area contributed by atoms with Crippen molar-refractivity contribution in [3.63, 3.8) is 0 Å². The van der Waals surface area contributed by atoms with Crippen LogP contribution >= 0.6 is 47.2 Å². The maximum atomic E-state index is 6.06. The summed E-state index contributed by atoms with van der Waals surface area (Å²) in [6.07, 6.45) is 2.09. The first kappa shape index (κ1) is 22.8. The second-order valence-corrected chi connectivity index (χ2v) is 5.62. The molecule has 0 aromatic carbocycles. The molecular weight excluding hydrogens is 450 g/mol. The first-order valence-corrected chi connectivity index (χ1v) is 8.45. The number of aromatic nitrogens is 1. The number of hydrogen-bond acceptors (Lipinski definition) is 2. The molecule has 0 aliphatic rings. The van der Waals surface area contributed by atoms with Crippen molar-refractivity contribution in [1.82, 2.24) is 15.2 Å². The van der Waals surface area contributed by atoms with Crippen LogP contribution in [-0.4, -0.2) is 36.8 Å². The average Bonchev–Trinajstić information content (AvgIpc) is 2.75. The van der Waals surface area contributed by atoms with Crippen LogP contribution in [0.3, 0.4) is 0 Å². The molecule has 1 aromatic rings. The van der Waals surface area contributed by atoms with Gasteiger partial charge in [0.15, 0.2) is 5.96 Å². The summed E-state index contributed by atoms with van der Waals surface area (Å²) in [6, 6.07) is 1.85. The molecule has 0 atom stereocenters. The topological polar surface area (TPSA) is 50.6 Å². The smallest absolute Gasteiger partial charge is 0.191 e. The van der Waals surface area contributed by atoms with E-state index in [-0.39, 0.29) is 24.0 Å². The average molecular weight is 477 g/mol. The van der Waals surface area contributed by atoms with Gasteiger partial charge in [-0.05, 0) is 32.8 Å². The molecule has 0 saturated carbocycles. The number of nitrogens with one attached hydrogen (secondary N) is 2. The molecule has 2 N–H and O–H groups in total. The Morgan fingerprint density at radius 2 is 2.00 bits per heavy atom. The minimum atomic E-state index is 0. The van der Waals surface area contributed by atoms with E-state index in [4.69, 9.17) is 27.9 Å².